The van der Waals surface area contributed by atoms with Crippen LogP contribution in [-0.2, 0) is 0 Å². The van der Waals surface area contributed by atoms with Crippen molar-refractivity contribution in [2.45, 2.75) is 37.4 Å². The molecule has 56 valence electrons. The average molecular weight is 163 g/mol. The summed E-state index contributed by atoms with van der Waals surface area (Å²) in [6.45, 7) is 6.62. The SMILES string of the molecule is CCCC(N)(S)[SiH](C)C. The van der Waals surface area contributed by atoms with Gasteiger partial charge in [-0.25, -0.2) is 0 Å². The van der Waals surface area contributed by atoms with Crippen LogP contribution in [0.1, 0.15) is 19.8 Å². The molecule has 3 heteroatoms. The van der Waals surface area contributed by atoms with Crippen LogP contribution in [0.25, 0.3) is 0 Å². The lowest BCUT2D eigenvalue weighted by molar-refractivity contribution is 0.701. The van der Waals surface area contributed by atoms with E-state index < -0.39 is 8.80 Å². The summed E-state index contributed by atoms with van der Waals surface area (Å²) in [5.41, 5.74) is 5.90. The number of hydrogen-bond acceptors (Lipinski definition) is 2. The summed E-state index contributed by atoms with van der Waals surface area (Å²) in [6.07, 6.45) is 2.20. The Balaban J connectivity index is 3.70. The van der Waals surface area contributed by atoms with Gasteiger partial charge in [0.1, 0.15) is 0 Å². The molecule has 0 saturated heterocycles. The van der Waals surface area contributed by atoms with Crippen molar-refractivity contribution in [3.05, 3.63) is 0 Å². The zero-order chi connectivity index (χ0) is 7.49. The average Bonchev–Trinajstić information content (AvgIpc) is 1.65. The molecule has 0 amide bonds. The molecule has 0 rings (SSSR count). The largest absolute Gasteiger partial charge is 0.320 e. The van der Waals surface area contributed by atoms with Gasteiger partial charge in [-0.2, -0.15) is 12.6 Å². The number of rotatable bonds is 3. The molecule has 0 spiro atoms. The summed E-state index contributed by atoms with van der Waals surface area (Å²) < 4.78 is -0.116. The third-order valence-electron chi connectivity index (χ3n) is 1.65. The highest BCUT2D eigenvalue weighted by molar-refractivity contribution is 7.83. The van der Waals surface area contributed by atoms with Crippen molar-refractivity contribution in [2.75, 3.05) is 0 Å². The van der Waals surface area contributed by atoms with Gasteiger partial charge in [-0.1, -0.05) is 26.4 Å². The van der Waals surface area contributed by atoms with Crippen molar-refractivity contribution < 1.29 is 0 Å². The Bertz CT molecular complexity index is 83.1. The molecule has 0 aliphatic rings. The molecule has 1 atom stereocenters. The topological polar surface area (TPSA) is 26.0 Å². The quantitative estimate of drug-likeness (QED) is 0.367. The molecule has 0 aliphatic heterocycles. The van der Waals surface area contributed by atoms with E-state index in [2.05, 4.69) is 32.6 Å². The van der Waals surface area contributed by atoms with Crippen molar-refractivity contribution >= 4 is 21.4 Å². The molecule has 0 heterocycles. The predicted molar refractivity (Wildman–Crippen MR) is 49.7 cm³/mol. The van der Waals surface area contributed by atoms with Crippen LogP contribution < -0.4 is 5.73 Å². The molecular formula is C6H17NSSi. The fraction of sp³-hybridized carbons (Fsp3) is 1.00. The summed E-state index contributed by atoms with van der Waals surface area (Å²) >= 11 is 4.40. The highest BCUT2D eigenvalue weighted by Gasteiger charge is 2.23. The molecule has 2 N–H and O–H groups in total. The van der Waals surface area contributed by atoms with Crippen molar-refractivity contribution in [3.63, 3.8) is 0 Å². The molecule has 0 fully saturated rings. The van der Waals surface area contributed by atoms with Gasteiger partial charge in [0.25, 0.3) is 0 Å². The lowest BCUT2D eigenvalue weighted by Gasteiger charge is -2.26. The van der Waals surface area contributed by atoms with Gasteiger partial charge in [-0.05, 0) is 6.42 Å². The zero-order valence-electron chi connectivity index (χ0n) is 6.52. The van der Waals surface area contributed by atoms with Gasteiger partial charge in [0.05, 0.1) is 8.80 Å². The Morgan fingerprint density at radius 3 is 2.11 bits per heavy atom. The van der Waals surface area contributed by atoms with E-state index in [1.54, 1.807) is 0 Å². The molecule has 0 aromatic rings. The first-order valence-corrected chi connectivity index (χ1v) is 6.85. The van der Waals surface area contributed by atoms with Gasteiger partial charge in [0.15, 0.2) is 0 Å². The molecule has 1 nitrogen and oxygen atoms in total. The van der Waals surface area contributed by atoms with E-state index >= 15 is 0 Å². The highest BCUT2D eigenvalue weighted by atomic mass is 32.1. The summed E-state index contributed by atoms with van der Waals surface area (Å²) in [7, 11) is -0.755. The zero-order valence-corrected chi connectivity index (χ0v) is 8.57. The van der Waals surface area contributed by atoms with Crippen LogP contribution in [0.15, 0.2) is 0 Å². The van der Waals surface area contributed by atoms with E-state index in [0.29, 0.717) is 0 Å². The number of hydrogen-bond donors (Lipinski definition) is 2. The maximum absolute atomic E-state index is 5.90. The maximum Gasteiger partial charge on any atom is 0.0667 e. The van der Waals surface area contributed by atoms with Gasteiger partial charge < -0.3 is 5.73 Å². The van der Waals surface area contributed by atoms with Crippen molar-refractivity contribution in [3.8, 4) is 0 Å². The van der Waals surface area contributed by atoms with Gasteiger partial charge in [0.2, 0.25) is 0 Å². The minimum Gasteiger partial charge on any atom is -0.320 e. The minimum atomic E-state index is -0.755. The Kier molecular flexibility index (Phi) is 3.85. The lowest BCUT2D eigenvalue weighted by Crippen LogP contribution is -2.45. The van der Waals surface area contributed by atoms with Crippen LogP contribution in [-0.4, -0.2) is 13.3 Å². The molecule has 1 unspecified atom stereocenters. The van der Waals surface area contributed by atoms with Gasteiger partial charge in [-0.15, -0.1) is 0 Å². The van der Waals surface area contributed by atoms with E-state index in [1.165, 1.54) is 0 Å². The molecule has 0 bridgehead atoms. The standard InChI is InChI=1S/C6H17NSSi/c1-4-5-6(7,8)9(2)3/h8-9H,4-5,7H2,1-3H3. The van der Waals surface area contributed by atoms with Crippen LogP contribution in [0.3, 0.4) is 0 Å². The Hall–Kier alpha value is 0.527. The van der Waals surface area contributed by atoms with Crippen molar-refractivity contribution in [2.24, 2.45) is 5.73 Å². The van der Waals surface area contributed by atoms with E-state index in [9.17, 15) is 0 Å². The van der Waals surface area contributed by atoms with Crippen LogP contribution in [0.4, 0.5) is 0 Å². The van der Waals surface area contributed by atoms with Crippen LogP contribution in [0.5, 0.6) is 0 Å². The van der Waals surface area contributed by atoms with Crippen LogP contribution in [0, 0.1) is 0 Å². The Morgan fingerprint density at radius 2 is 2.00 bits per heavy atom. The Labute approximate surface area is 65.0 Å². The van der Waals surface area contributed by atoms with Crippen LogP contribution >= 0.6 is 12.6 Å². The number of thiol groups is 1. The number of nitrogens with two attached hydrogens (primary N) is 1. The van der Waals surface area contributed by atoms with Gasteiger partial charge in [0, 0.05) is 4.49 Å². The predicted octanol–water partition coefficient (Wildman–Crippen LogP) is 1.40. The smallest absolute Gasteiger partial charge is 0.0667 e. The van der Waals surface area contributed by atoms with Gasteiger partial charge in [-0.3, -0.25) is 0 Å². The normalized spacial score (nSPS) is 18.0. The molecule has 0 saturated carbocycles. The van der Waals surface area contributed by atoms with Crippen LogP contribution in [0.2, 0.25) is 13.1 Å². The second-order valence-electron chi connectivity index (χ2n) is 2.90. The molecule has 0 aliphatic carbocycles. The summed E-state index contributed by atoms with van der Waals surface area (Å²) in [6, 6.07) is 0. The molecule has 9 heavy (non-hydrogen) atoms. The first kappa shape index (κ1) is 9.53. The minimum absolute atomic E-state index is 0.116. The van der Waals surface area contributed by atoms with E-state index in [1.807, 2.05) is 0 Å². The third kappa shape index (κ3) is 3.28. The first-order valence-electron chi connectivity index (χ1n) is 3.52. The van der Waals surface area contributed by atoms with Gasteiger partial charge >= 0.3 is 0 Å². The monoisotopic (exact) mass is 163 g/mol. The highest BCUT2D eigenvalue weighted by Crippen LogP contribution is 2.17. The molecule has 0 radical (unpaired) electrons. The lowest BCUT2D eigenvalue weighted by atomic mass is 10.3. The fourth-order valence-electron chi connectivity index (χ4n) is 0.689. The second-order valence-corrected chi connectivity index (χ2v) is 7.55. The summed E-state index contributed by atoms with van der Waals surface area (Å²) in [5.74, 6) is 0. The maximum atomic E-state index is 5.90. The van der Waals surface area contributed by atoms with E-state index in [0.717, 1.165) is 12.8 Å². The third-order valence-corrected chi connectivity index (χ3v) is 5.71. The second kappa shape index (κ2) is 3.64. The molecular weight excluding hydrogens is 146 g/mol. The molecule has 0 aromatic carbocycles. The fourth-order valence-corrected chi connectivity index (χ4v) is 1.78. The summed E-state index contributed by atoms with van der Waals surface area (Å²) in [5, 5.41) is 0. The van der Waals surface area contributed by atoms with E-state index in [-0.39, 0.29) is 4.49 Å². The summed E-state index contributed by atoms with van der Waals surface area (Å²) in [4.78, 5) is 0. The van der Waals surface area contributed by atoms with E-state index in [4.69, 9.17) is 5.73 Å². The van der Waals surface area contributed by atoms with Crippen molar-refractivity contribution in [1.29, 1.82) is 0 Å². The molecule has 0 aromatic heterocycles. The Morgan fingerprint density at radius 1 is 1.56 bits per heavy atom. The first-order chi connectivity index (χ1) is 4.00. The van der Waals surface area contributed by atoms with Crippen molar-refractivity contribution in [1.82, 2.24) is 0 Å².